The third-order valence-corrected chi connectivity index (χ3v) is 4.21. The lowest BCUT2D eigenvalue weighted by atomic mass is 9.94. The van der Waals surface area contributed by atoms with Crippen LogP contribution in [0.25, 0.3) is 0 Å². The van der Waals surface area contributed by atoms with Gasteiger partial charge in [-0.2, -0.15) is 0 Å². The van der Waals surface area contributed by atoms with E-state index in [1.165, 1.54) is 0 Å². The normalized spacial score (nSPS) is 12.8. The maximum Gasteiger partial charge on any atom is 0.228 e. The van der Waals surface area contributed by atoms with Crippen molar-refractivity contribution in [2.75, 3.05) is 6.61 Å². The summed E-state index contributed by atoms with van der Waals surface area (Å²) >= 11 is 0. The van der Waals surface area contributed by atoms with E-state index in [9.17, 15) is 14.7 Å². The minimum absolute atomic E-state index is 0.196. The first-order chi connectivity index (χ1) is 12.5. The molecule has 0 saturated heterocycles. The van der Waals surface area contributed by atoms with Gasteiger partial charge in [0.15, 0.2) is 0 Å². The summed E-state index contributed by atoms with van der Waals surface area (Å²) in [6.45, 7) is 4.37. The topological polar surface area (TPSA) is 78.5 Å². The molecule has 1 amide bonds. The van der Waals surface area contributed by atoms with Gasteiger partial charge < -0.3 is 20.0 Å². The van der Waals surface area contributed by atoms with Crippen LogP contribution in [0, 0.1) is 0 Å². The second-order valence-corrected chi connectivity index (χ2v) is 6.01. The van der Waals surface area contributed by atoms with Gasteiger partial charge in [0.25, 0.3) is 0 Å². The summed E-state index contributed by atoms with van der Waals surface area (Å²) < 4.78 is 5.40. The lowest BCUT2D eigenvalue weighted by Gasteiger charge is -2.23. The average molecular weight is 354 g/mol. The number of ether oxygens (including phenoxy) is 1. The molecule has 0 radical (unpaired) electrons. The molecule has 5 nitrogen and oxygen atoms in total. The molecular formula is C21H24NO4-. The summed E-state index contributed by atoms with van der Waals surface area (Å²) in [7, 11) is 0. The van der Waals surface area contributed by atoms with Gasteiger partial charge in [-0.3, -0.25) is 4.79 Å². The maximum absolute atomic E-state index is 12.8. The van der Waals surface area contributed by atoms with Gasteiger partial charge in [0.2, 0.25) is 5.91 Å². The Labute approximate surface area is 154 Å². The molecule has 138 valence electrons. The van der Waals surface area contributed by atoms with Crippen LogP contribution in [0.4, 0.5) is 0 Å². The zero-order valence-corrected chi connectivity index (χ0v) is 15.1. The van der Waals surface area contributed by atoms with Gasteiger partial charge in [-0.15, -0.1) is 0 Å². The van der Waals surface area contributed by atoms with Crippen molar-refractivity contribution in [3.8, 4) is 5.75 Å². The molecule has 0 aliphatic rings. The molecule has 0 spiro atoms. The summed E-state index contributed by atoms with van der Waals surface area (Å²) in [4.78, 5) is 23.9. The minimum atomic E-state index is -1.21. The van der Waals surface area contributed by atoms with Crippen molar-refractivity contribution >= 4 is 11.9 Å². The third-order valence-electron chi connectivity index (χ3n) is 4.21. The van der Waals surface area contributed by atoms with Gasteiger partial charge >= 0.3 is 0 Å². The monoisotopic (exact) mass is 354 g/mol. The number of carboxylic acids is 1. The van der Waals surface area contributed by atoms with Crippen molar-refractivity contribution in [3.63, 3.8) is 0 Å². The van der Waals surface area contributed by atoms with Gasteiger partial charge in [-0.05, 0) is 36.6 Å². The van der Waals surface area contributed by atoms with E-state index in [2.05, 4.69) is 5.32 Å². The molecule has 0 unspecified atom stereocenters. The van der Waals surface area contributed by atoms with Crippen LogP contribution in [0.2, 0.25) is 0 Å². The van der Waals surface area contributed by atoms with E-state index in [-0.39, 0.29) is 18.2 Å². The Balaban J connectivity index is 2.18. The highest BCUT2D eigenvalue weighted by Crippen LogP contribution is 2.24. The number of carbonyl (C=O) groups is 2. The molecule has 2 rings (SSSR count). The predicted octanol–water partition coefficient (Wildman–Crippen LogP) is 2.58. The van der Waals surface area contributed by atoms with Crippen LogP contribution in [0.1, 0.15) is 49.8 Å². The molecule has 2 aromatic carbocycles. The molecule has 0 aliphatic heterocycles. The fourth-order valence-electron chi connectivity index (χ4n) is 2.91. The number of rotatable bonds is 9. The zero-order valence-electron chi connectivity index (χ0n) is 15.1. The molecule has 0 bridgehead atoms. The van der Waals surface area contributed by atoms with Crippen LogP contribution in [0.3, 0.4) is 0 Å². The number of hydrogen-bond donors (Lipinski definition) is 1. The average Bonchev–Trinajstić information content (AvgIpc) is 2.63. The summed E-state index contributed by atoms with van der Waals surface area (Å²) in [5, 5.41) is 14.0. The van der Waals surface area contributed by atoms with Crippen molar-refractivity contribution in [2.24, 2.45) is 0 Å². The Kier molecular flexibility index (Phi) is 7.21. The molecule has 0 saturated carbocycles. The van der Waals surface area contributed by atoms with E-state index < -0.39 is 12.0 Å². The lowest BCUT2D eigenvalue weighted by Crippen LogP contribution is -2.36. The molecule has 5 heteroatoms. The Morgan fingerprint density at radius 3 is 2.19 bits per heavy atom. The third kappa shape index (κ3) is 5.34. The van der Waals surface area contributed by atoms with E-state index in [0.717, 1.165) is 5.56 Å². The molecule has 0 aliphatic carbocycles. The first-order valence-electron chi connectivity index (χ1n) is 8.83. The van der Waals surface area contributed by atoms with E-state index >= 15 is 0 Å². The molecule has 2 aromatic rings. The van der Waals surface area contributed by atoms with Gasteiger partial charge in [0.05, 0.1) is 18.6 Å². The summed E-state index contributed by atoms with van der Waals surface area (Å²) in [5.74, 6) is -1.04. The van der Waals surface area contributed by atoms with E-state index in [1.54, 1.807) is 24.3 Å². The quantitative estimate of drug-likeness (QED) is 0.751. The molecule has 0 aromatic heterocycles. The fourth-order valence-corrected chi connectivity index (χ4v) is 2.91. The molecule has 1 N–H and O–H groups in total. The highest BCUT2D eigenvalue weighted by Gasteiger charge is 2.22. The van der Waals surface area contributed by atoms with Crippen molar-refractivity contribution < 1.29 is 19.4 Å². The summed E-state index contributed by atoms with van der Waals surface area (Å²) in [6, 6.07) is 15.9. The van der Waals surface area contributed by atoms with Crippen molar-refractivity contribution in [1.82, 2.24) is 5.32 Å². The smallest absolute Gasteiger partial charge is 0.228 e. The predicted molar refractivity (Wildman–Crippen MR) is 97.6 cm³/mol. The zero-order chi connectivity index (χ0) is 18.9. The number of hydrogen-bond acceptors (Lipinski definition) is 4. The Bertz CT molecular complexity index is 713. The minimum Gasteiger partial charge on any atom is -0.550 e. The van der Waals surface area contributed by atoms with Crippen LogP contribution in [0.5, 0.6) is 5.75 Å². The van der Waals surface area contributed by atoms with Crippen LogP contribution in [0.15, 0.2) is 54.6 Å². The van der Waals surface area contributed by atoms with E-state index in [1.807, 2.05) is 44.2 Å². The first-order valence-corrected chi connectivity index (χ1v) is 8.83. The van der Waals surface area contributed by atoms with E-state index in [0.29, 0.717) is 24.3 Å². The Hall–Kier alpha value is -2.82. The molecule has 0 fully saturated rings. The molecule has 0 heterocycles. The number of carbonyl (C=O) groups excluding carboxylic acids is 2. The van der Waals surface area contributed by atoms with Gasteiger partial charge in [0, 0.05) is 12.4 Å². The second-order valence-electron chi connectivity index (χ2n) is 6.01. The Morgan fingerprint density at radius 1 is 1.00 bits per heavy atom. The highest BCUT2D eigenvalue weighted by atomic mass is 16.5. The standard InChI is InChI=1S/C21H25NO4/c1-3-18(15-8-6-5-7-9-15)21(25)22-19(14-20(23)24)16-10-12-17(13-11-16)26-4-2/h5-13,18-19H,3-4,14H2,1-2H3,(H,22,25)(H,23,24)/p-1/t18-,19-/m1/s1. The van der Waals surface area contributed by atoms with Gasteiger partial charge in [-0.1, -0.05) is 49.4 Å². The van der Waals surface area contributed by atoms with Gasteiger partial charge in [0.1, 0.15) is 5.75 Å². The largest absolute Gasteiger partial charge is 0.550 e. The molecule has 26 heavy (non-hydrogen) atoms. The maximum atomic E-state index is 12.8. The number of benzene rings is 2. The molecule has 2 atom stereocenters. The first kappa shape index (κ1) is 19.5. The Morgan fingerprint density at radius 2 is 1.65 bits per heavy atom. The van der Waals surface area contributed by atoms with Crippen LogP contribution < -0.4 is 15.2 Å². The number of carboxylic acid groups (broad SMARTS) is 1. The summed E-state index contributed by atoms with van der Waals surface area (Å²) in [6.07, 6.45) is 0.335. The van der Waals surface area contributed by atoms with Gasteiger partial charge in [-0.25, -0.2) is 0 Å². The fraction of sp³-hybridized carbons (Fsp3) is 0.333. The van der Waals surface area contributed by atoms with E-state index in [4.69, 9.17) is 4.74 Å². The van der Waals surface area contributed by atoms with Crippen LogP contribution in [-0.4, -0.2) is 18.5 Å². The number of aliphatic carboxylic acids is 1. The van der Waals surface area contributed by atoms with Crippen LogP contribution in [-0.2, 0) is 9.59 Å². The number of nitrogens with one attached hydrogen (secondary N) is 1. The van der Waals surface area contributed by atoms with Crippen molar-refractivity contribution in [1.29, 1.82) is 0 Å². The van der Waals surface area contributed by atoms with Crippen LogP contribution >= 0.6 is 0 Å². The van der Waals surface area contributed by atoms with Crippen molar-refractivity contribution in [2.45, 2.75) is 38.6 Å². The SMILES string of the molecule is CCOc1ccc([C@@H](CC(=O)[O-])NC(=O)[C@H](CC)c2ccccc2)cc1. The summed E-state index contributed by atoms with van der Waals surface area (Å²) in [5.41, 5.74) is 1.61. The number of amides is 1. The van der Waals surface area contributed by atoms with Crippen molar-refractivity contribution in [3.05, 3.63) is 65.7 Å². The second kappa shape index (κ2) is 9.61. The molecular weight excluding hydrogens is 330 g/mol. The highest BCUT2D eigenvalue weighted by molar-refractivity contribution is 5.84. The lowest BCUT2D eigenvalue weighted by molar-refractivity contribution is -0.306.